The average molecular weight is 218 g/mol. The molecule has 0 aromatic rings. The van der Waals surface area contributed by atoms with Crippen LogP contribution in [0.25, 0.3) is 5.53 Å². The van der Waals surface area contributed by atoms with E-state index < -0.39 is 7.25 Å². The number of nitriles is 1. The Morgan fingerprint density at radius 2 is 1.93 bits per heavy atom. The summed E-state index contributed by atoms with van der Waals surface area (Å²) in [5.74, 6) is 0. The van der Waals surface area contributed by atoms with Crippen LogP contribution in [0, 0.1) is 11.3 Å². The van der Waals surface area contributed by atoms with Gasteiger partial charge in [-0.25, -0.2) is 0 Å². The second kappa shape index (κ2) is 5.78. The molecule has 1 aliphatic carbocycles. The fourth-order valence-corrected chi connectivity index (χ4v) is 0.734. The highest BCUT2D eigenvalue weighted by molar-refractivity contribution is 6.50. The van der Waals surface area contributed by atoms with Gasteiger partial charge in [0.25, 0.3) is 5.71 Å². The predicted octanol–water partition coefficient (Wildman–Crippen LogP) is 2.37. The van der Waals surface area contributed by atoms with Crippen molar-refractivity contribution in [2.45, 2.75) is 6.42 Å². The number of hydrogen-bond donors (Lipinski definition) is 0. The highest BCUT2D eigenvalue weighted by atomic mass is 19.5. The van der Waals surface area contributed by atoms with Gasteiger partial charge in [-0.1, -0.05) is 6.08 Å². The lowest BCUT2D eigenvalue weighted by Crippen LogP contribution is -2.02. The summed E-state index contributed by atoms with van der Waals surface area (Å²) in [4.78, 5) is 2.98. The maximum atomic E-state index is 9.75. The van der Waals surface area contributed by atoms with Crippen LogP contribution in [-0.2, 0) is 0 Å². The number of hydrogen-bond acceptors (Lipinski definition) is 1. The first-order valence-corrected chi connectivity index (χ1v) is 3.72. The summed E-state index contributed by atoms with van der Waals surface area (Å²) in [5.41, 5.74) is 9.45. The molecule has 0 amide bonds. The quantitative estimate of drug-likeness (QED) is 0.266. The molecule has 8 heteroatoms. The van der Waals surface area contributed by atoms with Crippen LogP contribution < -0.4 is 0 Å². The van der Waals surface area contributed by atoms with Crippen LogP contribution in [0.15, 0.2) is 23.8 Å². The zero-order valence-electron chi connectivity index (χ0n) is 7.37. The maximum Gasteiger partial charge on any atom is 0.673 e. The molecule has 0 saturated heterocycles. The van der Waals surface area contributed by atoms with Crippen LogP contribution >= 0.6 is 0 Å². The van der Waals surface area contributed by atoms with E-state index in [0.29, 0.717) is 17.7 Å². The second-order valence-corrected chi connectivity index (χ2v) is 2.43. The monoisotopic (exact) mass is 218 g/mol. The highest BCUT2D eigenvalue weighted by Crippen LogP contribution is 2.07. The first-order valence-electron chi connectivity index (χ1n) is 3.72. The van der Waals surface area contributed by atoms with E-state index in [1.165, 1.54) is 0 Å². The topological polar surface area (TPSA) is 60.2 Å². The largest absolute Gasteiger partial charge is 0.673 e. The molecule has 0 saturated carbocycles. The molecule has 80 valence electrons. The summed E-state index contributed by atoms with van der Waals surface area (Å²) < 4.78 is 39.0. The van der Waals surface area contributed by atoms with Crippen LogP contribution in [0.1, 0.15) is 6.42 Å². The highest BCUT2D eigenvalue weighted by Gasteiger charge is 2.20. The normalized spacial score (nSPS) is 14.3. The molecule has 1 rings (SSSR count). The predicted molar refractivity (Wildman–Crippen MR) is 46.3 cm³/mol. The smallest absolute Gasteiger partial charge is 0.418 e. The number of rotatable bonds is 0. The molecule has 0 aromatic heterocycles. The average Bonchev–Trinajstić information content (AvgIpc) is 2.15. The molecule has 0 spiro atoms. The SMILES string of the molecule is F[B-](F)(F)F.N#CC1=CC=CC(=[N+]=[N-])C1. The second-order valence-electron chi connectivity index (χ2n) is 2.43. The van der Waals surface area contributed by atoms with Crippen molar-refractivity contribution in [3.63, 3.8) is 0 Å². The van der Waals surface area contributed by atoms with E-state index in [9.17, 15) is 17.3 Å². The van der Waals surface area contributed by atoms with Gasteiger partial charge >= 0.3 is 7.25 Å². The molecule has 15 heavy (non-hydrogen) atoms. The number of nitrogens with zero attached hydrogens (tertiary/aromatic N) is 3. The lowest BCUT2D eigenvalue weighted by Gasteiger charge is -1.94. The Balaban J connectivity index is 0.000000336. The van der Waals surface area contributed by atoms with E-state index >= 15 is 0 Å². The Bertz CT molecular complexity index is 365. The van der Waals surface area contributed by atoms with Crippen molar-refractivity contribution in [2.75, 3.05) is 0 Å². The molecule has 0 N–H and O–H groups in total. The standard InChI is InChI=1S/C7H5N3.BF4/c8-5-6-2-1-3-7(4-6)10-9;2-1(3,4)5/h1-3H,4H2;/q;-1. The van der Waals surface area contributed by atoms with Gasteiger partial charge in [0.2, 0.25) is 0 Å². The van der Waals surface area contributed by atoms with Gasteiger partial charge < -0.3 is 22.8 Å². The Labute approximate surface area is 83.0 Å². The Hall–Kier alpha value is -1.87. The molecule has 3 nitrogen and oxygen atoms in total. The van der Waals surface area contributed by atoms with Crippen LogP contribution in [0.3, 0.4) is 0 Å². The van der Waals surface area contributed by atoms with Gasteiger partial charge in [0.15, 0.2) is 0 Å². The summed E-state index contributed by atoms with van der Waals surface area (Å²) in [7, 11) is -6.00. The van der Waals surface area contributed by atoms with Crippen molar-refractivity contribution < 1.29 is 22.1 Å². The van der Waals surface area contributed by atoms with Crippen LogP contribution in [0.2, 0.25) is 0 Å². The number of halogens is 4. The summed E-state index contributed by atoms with van der Waals surface area (Å²) >= 11 is 0. The Morgan fingerprint density at radius 3 is 2.33 bits per heavy atom. The molecule has 0 heterocycles. The third kappa shape index (κ3) is 8.46. The van der Waals surface area contributed by atoms with Crippen molar-refractivity contribution >= 4 is 13.0 Å². The zero-order chi connectivity index (χ0) is 11.9. The van der Waals surface area contributed by atoms with Crippen molar-refractivity contribution in [3.05, 3.63) is 29.3 Å². The molecule has 0 fully saturated rings. The van der Waals surface area contributed by atoms with E-state index in [4.69, 9.17) is 10.8 Å². The minimum atomic E-state index is -6.00. The fraction of sp³-hybridized carbons (Fsp3) is 0.143. The molecular weight excluding hydrogens is 213 g/mol. The van der Waals surface area contributed by atoms with Crippen LogP contribution in [-0.4, -0.2) is 17.8 Å². The summed E-state index contributed by atoms with van der Waals surface area (Å²) in [6, 6.07) is 1.99. The van der Waals surface area contributed by atoms with Crippen molar-refractivity contribution in [1.82, 2.24) is 0 Å². The van der Waals surface area contributed by atoms with E-state index in [-0.39, 0.29) is 0 Å². The fourth-order valence-electron chi connectivity index (χ4n) is 0.734. The molecule has 0 atom stereocenters. The van der Waals surface area contributed by atoms with Gasteiger partial charge in [-0.15, -0.1) is 0 Å². The minimum Gasteiger partial charge on any atom is -0.418 e. The van der Waals surface area contributed by atoms with E-state index in [0.717, 1.165) is 0 Å². The van der Waals surface area contributed by atoms with Gasteiger partial charge in [-0.05, 0) is 6.08 Å². The van der Waals surface area contributed by atoms with Crippen LogP contribution in [0.5, 0.6) is 0 Å². The molecule has 0 bridgehead atoms. The van der Waals surface area contributed by atoms with Gasteiger partial charge in [0.05, 0.1) is 12.5 Å². The zero-order valence-corrected chi connectivity index (χ0v) is 7.37. The third-order valence-corrected chi connectivity index (χ3v) is 1.23. The first-order chi connectivity index (χ1) is 6.86. The van der Waals surface area contributed by atoms with E-state index in [2.05, 4.69) is 4.79 Å². The molecule has 0 aliphatic heterocycles. The minimum absolute atomic E-state index is 0.434. The summed E-state index contributed by atoms with van der Waals surface area (Å²) in [5, 5.41) is 8.42. The van der Waals surface area contributed by atoms with Crippen molar-refractivity contribution in [1.29, 1.82) is 5.26 Å². The molecule has 0 radical (unpaired) electrons. The summed E-state index contributed by atoms with van der Waals surface area (Å²) in [6.45, 7) is 0. The maximum absolute atomic E-state index is 9.75. The number of allylic oxidation sites excluding steroid dienone is 4. The third-order valence-electron chi connectivity index (χ3n) is 1.23. The van der Waals surface area contributed by atoms with Gasteiger partial charge in [0, 0.05) is 11.6 Å². The van der Waals surface area contributed by atoms with Gasteiger partial charge in [0.1, 0.15) is 0 Å². The Morgan fingerprint density at radius 1 is 1.40 bits per heavy atom. The lowest BCUT2D eigenvalue weighted by molar-refractivity contribution is -0.00551. The van der Waals surface area contributed by atoms with Crippen LogP contribution in [0.4, 0.5) is 17.3 Å². The molecule has 1 aliphatic rings. The first kappa shape index (κ1) is 13.1. The molecule has 0 aromatic carbocycles. The van der Waals surface area contributed by atoms with Crippen molar-refractivity contribution in [3.8, 4) is 6.07 Å². The van der Waals surface area contributed by atoms with Gasteiger partial charge in [-0.3, -0.25) is 0 Å². The van der Waals surface area contributed by atoms with E-state index in [1.54, 1.807) is 18.2 Å². The van der Waals surface area contributed by atoms with Gasteiger partial charge in [-0.2, -0.15) is 10.1 Å². The Kier molecular flexibility index (Phi) is 5.06. The lowest BCUT2D eigenvalue weighted by atomic mass is 10.1. The van der Waals surface area contributed by atoms with E-state index in [1.807, 2.05) is 6.07 Å². The molecule has 0 unspecified atom stereocenters. The molecular formula is C7H5BF4N3-. The van der Waals surface area contributed by atoms with Crippen molar-refractivity contribution in [2.24, 2.45) is 0 Å². The summed E-state index contributed by atoms with van der Waals surface area (Å²) in [6.07, 6.45) is 5.50.